The minimum absolute atomic E-state index is 0.0357. The van der Waals surface area contributed by atoms with Gasteiger partial charge in [-0.2, -0.15) is 0 Å². The highest BCUT2D eigenvalue weighted by Crippen LogP contribution is 2.35. The van der Waals surface area contributed by atoms with Gasteiger partial charge in [-0.05, 0) is 41.8 Å². The largest absolute Gasteiger partial charge is 0.508 e. The molecule has 3 heteroatoms. The van der Waals surface area contributed by atoms with Gasteiger partial charge in [0.1, 0.15) is 11.9 Å². The van der Waals surface area contributed by atoms with E-state index in [2.05, 4.69) is 42.3 Å². The van der Waals surface area contributed by atoms with Gasteiger partial charge in [-0.15, -0.1) is 0 Å². The molecule has 0 bridgehead atoms. The average molecular weight is 292 g/mol. The second-order valence-corrected chi connectivity index (χ2v) is 5.32. The molecular formula is C19H20N2O. The van der Waals surface area contributed by atoms with E-state index in [1.807, 2.05) is 18.2 Å². The Morgan fingerprint density at radius 1 is 1.14 bits per heavy atom. The molecule has 22 heavy (non-hydrogen) atoms. The number of fused-ring (bicyclic) bond motifs is 1. The molecule has 3 rings (SSSR count). The Bertz CT molecular complexity index is 717. The Morgan fingerprint density at radius 3 is 2.59 bits per heavy atom. The van der Waals surface area contributed by atoms with E-state index in [0.717, 1.165) is 23.4 Å². The highest BCUT2D eigenvalue weighted by Gasteiger charge is 2.23. The molecule has 0 saturated heterocycles. The minimum atomic E-state index is -0.0357. The zero-order valence-corrected chi connectivity index (χ0v) is 12.6. The third-order valence-corrected chi connectivity index (χ3v) is 3.91. The van der Waals surface area contributed by atoms with Crippen molar-refractivity contribution in [3.8, 4) is 5.75 Å². The lowest BCUT2D eigenvalue weighted by atomic mass is 9.96. The van der Waals surface area contributed by atoms with Crippen LogP contribution in [0.4, 0.5) is 5.69 Å². The smallest absolute Gasteiger partial charge is 0.123 e. The summed E-state index contributed by atoms with van der Waals surface area (Å²) in [6.07, 6.45) is 4.75. The number of hydrogen-bond acceptors (Lipinski definition) is 3. The van der Waals surface area contributed by atoms with Gasteiger partial charge in [-0.25, -0.2) is 0 Å². The molecule has 1 heterocycles. The maximum absolute atomic E-state index is 9.45. The van der Waals surface area contributed by atoms with Crippen molar-refractivity contribution in [2.75, 3.05) is 5.32 Å². The first-order valence-electron chi connectivity index (χ1n) is 7.50. The molecule has 0 radical (unpaired) electrons. The summed E-state index contributed by atoms with van der Waals surface area (Å²) in [5.74, 6) is 0.273. The summed E-state index contributed by atoms with van der Waals surface area (Å²) in [5.41, 5.74) is 5.76. The second-order valence-electron chi connectivity index (χ2n) is 5.32. The molecule has 3 nitrogen and oxygen atoms in total. The number of benzene rings is 2. The number of rotatable bonds is 3. The molecule has 2 aromatic carbocycles. The van der Waals surface area contributed by atoms with Crippen LogP contribution in [-0.4, -0.2) is 5.11 Å². The Kier molecular flexibility index (Phi) is 3.88. The summed E-state index contributed by atoms with van der Waals surface area (Å²) in [4.78, 5) is 0. The van der Waals surface area contributed by atoms with E-state index in [9.17, 15) is 5.11 Å². The van der Waals surface area contributed by atoms with Gasteiger partial charge in [-0.1, -0.05) is 43.8 Å². The lowest BCUT2D eigenvalue weighted by Gasteiger charge is -2.32. The highest BCUT2D eigenvalue weighted by molar-refractivity contribution is 5.81. The van der Waals surface area contributed by atoms with Gasteiger partial charge in [0.2, 0.25) is 0 Å². The van der Waals surface area contributed by atoms with E-state index in [1.54, 1.807) is 18.2 Å². The van der Waals surface area contributed by atoms with Crippen molar-refractivity contribution in [3.63, 3.8) is 0 Å². The van der Waals surface area contributed by atoms with E-state index in [4.69, 9.17) is 0 Å². The summed E-state index contributed by atoms with van der Waals surface area (Å²) in [6.45, 7) is 5.98. The van der Waals surface area contributed by atoms with Gasteiger partial charge >= 0.3 is 0 Å². The van der Waals surface area contributed by atoms with Crippen LogP contribution in [0.25, 0.3) is 5.70 Å². The molecule has 0 aromatic heterocycles. The molecule has 0 fully saturated rings. The van der Waals surface area contributed by atoms with E-state index < -0.39 is 0 Å². The lowest BCUT2D eigenvalue weighted by Crippen LogP contribution is -2.32. The fourth-order valence-corrected chi connectivity index (χ4v) is 2.84. The first-order chi connectivity index (χ1) is 10.7. The molecule has 1 unspecified atom stereocenters. The van der Waals surface area contributed by atoms with Crippen LogP contribution < -0.4 is 10.6 Å². The zero-order valence-electron chi connectivity index (χ0n) is 12.6. The number of aryl methyl sites for hydroxylation is 1. The zero-order chi connectivity index (χ0) is 15.5. The highest BCUT2D eigenvalue weighted by atomic mass is 16.3. The Labute approximate surface area is 131 Å². The van der Waals surface area contributed by atoms with E-state index in [0.29, 0.717) is 0 Å². The minimum Gasteiger partial charge on any atom is -0.508 e. The van der Waals surface area contributed by atoms with Crippen LogP contribution in [0.2, 0.25) is 0 Å². The number of nitrogens with one attached hydrogen (secondary N) is 2. The lowest BCUT2D eigenvalue weighted by molar-refractivity contribution is 0.475. The predicted molar refractivity (Wildman–Crippen MR) is 91.6 cm³/mol. The van der Waals surface area contributed by atoms with E-state index in [-0.39, 0.29) is 11.9 Å². The van der Waals surface area contributed by atoms with Crippen LogP contribution in [0.15, 0.2) is 61.2 Å². The summed E-state index contributed by atoms with van der Waals surface area (Å²) >= 11 is 0. The quantitative estimate of drug-likeness (QED) is 0.794. The number of phenolic OH excluding ortho intramolecular Hbond substituents is 1. The van der Waals surface area contributed by atoms with Crippen LogP contribution in [0.3, 0.4) is 0 Å². The fraction of sp³-hybridized carbons (Fsp3) is 0.158. The Balaban J connectivity index is 2.04. The van der Waals surface area contributed by atoms with Crippen LogP contribution >= 0.6 is 0 Å². The number of hydrogen-bond donors (Lipinski definition) is 3. The maximum atomic E-state index is 9.45. The third-order valence-electron chi connectivity index (χ3n) is 3.91. The first-order valence-corrected chi connectivity index (χ1v) is 7.50. The number of phenols is 1. The van der Waals surface area contributed by atoms with Gasteiger partial charge in [0.15, 0.2) is 0 Å². The molecule has 0 saturated carbocycles. The van der Waals surface area contributed by atoms with Crippen LogP contribution in [-0.2, 0) is 6.42 Å². The molecule has 1 atom stereocenters. The summed E-state index contributed by atoms with van der Waals surface area (Å²) in [5, 5.41) is 16.5. The van der Waals surface area contributed by atoms with Crippen molar-refractivity contribution >= 4 is 11.4 Å². The van der Waals surface area contributed by atoms with Crippen LogP contribution in [0.5, 0.6) is 5.75 Å². The van der Waals surface area contributed by atoms with Crippen molar-refractivity contribution in [1.29, 1.82) is 0 Å². The second kappa shape index (κ2) is 5.98. The van der Waals surface area contributed by atoms with Gasteiger partial charge in [0.25, 0.3) is 0 Å². The van der Waals surface area contributed by atoms with Crippen molar-refractivity contribution in [1.82, 2.24) is 5.32 Å². The average Bonchev–Trinajstić information content (AvgIpc) is 2.55. The molecule has 2 aromatic rings. The van der Waals surface area contributed by atoms with Gasteiger partial charge in [0, 0.05) is 16.9 Å². The fourth-order valence-electron chi connectivity index (χ4n) is 2.84. The van der Waals surface area contributed by atoms with Crippen molar-refractivity contribution < 1.29 is 5.11 Å². The molecule has 0 spiro atoms. The van der Waals surface area contributed by atoms with Crippen molar-refractivity contribution in [2.45, 2.75) is 19.5 Å². The molecule has 1 aliphatic heterocycles. The number of allylic oxidation sites excluding steroid dienone is 2. The van der Waals surface area contributed by atoms with Gasteiger partial charge < -0.3 is 15.7 Å². The molecule has 0 aliphatic carbocycles. The molecular weight excluding hydrogens is 272 g/mol. The molecule has 3 N–H and O–H groups in total. The molecule has 1 aliphatic rings. The number of anilines is 1. The predicted octanol–water partition coefficient (Wildman–Crippen LogP) is 4.20. The standard InChI is InChI=1S/C19H20N2O/c1-3-6-16-18-13(4-2)7-5-8-17(18)21-19(20-16)14-9-11-15(22)12-10-14/h3,5-12,19-22H,1,4H2,2H3/b16-6+. The van der Waals surface area contributed by atoms with Gasteiger partial charge in [0.05, 0.1) is 0 Å². The topological polar surface area (TPSA) is 44.3 Å². The van der Waals surface area contributed by atoms with Crippen LogP contribution in [0, 0.1) is 0 Å². The maximum Gasteiger partial charge on any atom is 0.123 e. The SMILES string of the molecule is C=C/C=C1/NC(c2ccc(O)cc2)Nc2cccc(CC)c21. The van der Waals surface area contributed by atoms with Crippen molar-refractivity contribution in [2.24, 2.45) is 0 Å². The first kappa shape index (κ1) is 14.3. The van der Waals surface area contributed by atoms with E-state index in [1.165, 1.54) is 11.1 Å². The normalized spacial score (nSPS) is 18.2. The Morgan fingerprint density at radius 2 is 1.91 bits per heavy atom. The number of aromatic hydroxyl groups is 1. The molecule has 0 amide bonds. The van der Waals surface area contributed by atoms with E-state index >= 15 is 0 Å². The summed E-state index contributed by atoms with van der Waals surface area (Å²) < 4.78 is 0. The van der Waals surface area contributed by atoms with Crippen LogP contribution in [0.1, 0.15) is 29.8 Å². The molecule has 112 valence electrons. The van der Waals surface area contributed by atoms with Gasteiger partial charge in [-0.3, -0.25) is 0 Å². The van der Waals surface area contributed by atoms with Crippen molar-refractivity contribution in [3.05, 3.63) is 77.9 Å². The monoisotopic (exact) mass is 292 g/mol. The summed E-state index contributed by atoms with van der Waals surface area (Å²) in [6, 6.07) is 13.6. The third kappa shape index (κ3) is 2.58. The Hall–Kier alpha value is -2.68. The summed E-state index contributed by atoms with van der Waals surface area (Å²) in [7, 11) is 0.